The number of alkyl halides is 5. The Balaban J connectivity index is 3.04. The van der Waals surface area contributed by atoms with E-state index in [1.54, 1.807) is 0 Å². The van der Waals surface area contributed by atoms with Gasteiger partial charge < -0.3 is 4.55 Å². The van der Waals surface area contributed by atoms with Gasteiger partial charge in [0.25, 0.3) is 13.1 Å². The summed E-state index contributed by atoms with van der Waals surface area (Å²) in [4.78, 5) is 0. The van der Waals surface area contributed by atoms with Crippen molar-refractivity contribution in [1.29, 1.82) is 0 Å². The highest BCUT2D eigenvalue weighted by atomic mass is 127. The summed E-state index contributed by atoms with van der Waals surface area (Å²) in [6.45, 7) is 0. The molecule has 5 nitrogen and oxygen atoms in total. The third-order valence-corrected chi connectivity index (χ3v) is 7.15. The second kappa shape index (κ2) is 6.93. The van der Waals surface area contributed by atoms with E-state index in [2.05, 4.69) is 4.18 Å². The summed E-state index contributed by atoms with van der Waals surface area (Å²) in [5.41, 5.74) is 0. The summed E-state index contributed by atoms with van der Waals surface area (Å²) < 4.78 is 95.4. The standard InChI is InChI=1S/C9H13F4IO5S2/c10-8(11,12)7(9(13,14)20(15)16)19-21(17,18)6-4-2-1-3-5-6/h6-7H,1-5H2,(H,15,16). The van der Waals surface area contributed by atoms with Crippen molar-refractivity contribution < 1.29 is 38.9 Å². The molecule has 1 aliphatic rings. The van der Waals surface area contributed by atoms with E-state index < -0.39 is 41.7 Å². The van der Waals surface area contributed by atoms with Crippen molar-refractivity contribution in [1.82, 2.24) is 0 Å². The van der Waals surface area contributed by atoms with Crippen molar-refractivity contribution >= 4 is 43.8 Å². The van der Waals surface area contributed by atoms with Gasteiger partial charge in [-0.3, -0.25) is 4.18 Å². The van der Waals surface area contributed by atoms with E-state index >= 15 is 0 Å². The average Bonchev–Trinajstić information content (AvgIpc) is 2.35. The highest BCUT2D eigenvalue weighted by Crippen LogP contribution is 2.42. The fraction of sp³-hybridized carbons (Fsp3) is 1.00. The minimum Gasteiger partial charge on any atom is -0.303 e. The maximum Gasteiger partial charge on any atom is 0.421 e. The number of hydrogen-bond acceptors (Lipinski definition) is 4. The van der Waals surface area contributed by atoms with Gasteiger partial charge in [0.1, 0.15) is 0 Å². The summed E-state index contributed by atoms with van der Waals surface area (Å²) in [5.74, 6) is 0. The molecule has 21 heavy (non-hydrogen) atoms. The Morgan fingerprint density at radius 3 is 2.05 bits per heavy atom. The van der Waals surface area contributed by atoms with Crippen LogP contribution in [0.5, 0.6) is 0 Å². The average molecular weight is 468 g/mol. The van der Waals surface area contributed by atoms with Gasteiger partial charge >= 0.3 is 6.18 Å². The van der Waals surface area contributed by atoms with Gasteiger partial charge in [0, 0.05) is 0 Å². The van der Waals surface area contributed by atoms with Gasteiger partial charge in [-0.15, -0.1) is 0 Å². The van der Waals surface area contributed by atoms with Crippen molar-refractivity contribution in [2.24, 2.45) is 0 Å². The molecule has 126 valence electrons. The van der Waals surface area contributed by atoms with E-state index in [1.807, 2.05) is 0 Å². The van der Waals surface area contributed by atoms with Gasteiger partial charge in [-0.25, -0.2) is 8.60 Å². The Labute approximate surface area is 135 Å². The van der Waals surface area contributed by atoms with E-state index in [-0.39, 0.29) is 12.8 Å². The summed E-state index contributed by atoms with van der Waals surface area (Å²) in [6, 6.07) is 0. The zero-order chi connectivity index (χ0) is 16.5. The van der Waals surface area contributed by atoms with Crippen LogP contribution in [-0.2, 0) is 25.4 Å². The molecule has 1 aliphatic carbocycles. The van der Waals surface area contributed by atoms with Crippen LogP contribution in [0.15, 0.2) is 0 Å². The van der Waals surface area contributed by atoms with E-state index in [4.69, 9.17) is 4.55 Å². The van der Waals surface area contributed by atoms with Crippen LogP contribution in [0.25, 0.3) is 0 Å². The van der Waals surface area contributed by atoms with Gasteiger partial charge in [-0.05, 0) is 35.4 Å². The Kier molecular flexibility index (Phi) is 6.44. The Bertz CT molecular complexity index is 487. The highest BCUT2D eigenvalue weighted by Gasteiger charge is 2.61. The molecule has 0 radical (unpaired) electrons. The molecule has 3 atom stereocenters. The number of hydrogen-bond donors (Lipinski definition) is 1. The first-order chi connectivity index (χ1) is 9.39. The minimum absolute atomic E-state index is 0.121. The van der Waals surface area contributed by atoms with Crippen molar-refractivity contribution in [2.45, 2.75) is 52.6 Å². The lowest BCUT2D eigenvalue weighted by Crippen LogP contribution is -2.50. The lowest BCUT2D eigenvalue weighted by Gasteiger charge is -2.29. The summed E-state index contributed by atoms with van der Waals surface area (Å²) in [7, 11) is -4.69. The van der Waals surface area contributed by atoms with Gasteiger partial charge in [0.2, 0.25) is 17.2 Å². The van der Waals surface area contributed by atoms with Crippen molar-refractivity contribution in [3.05, 3.63) is 0 Å². The molecule has 0 aromatic heterocycles. The Morgan fingerprint density at radius 2 is 1.67 bits per heavy atom. The molecule has 1 saturated carbocycles. The lowest BCUT2D eigenvalue weighted by atomic mass is 10.0. The van der Waals surface area contributed by atoms with Crippen LogP contribution in [-0.4, -0.2) is 37.7 Å². The van der Waals surface area contributed by atoms with Gasteiger partial charge in [-0.1, -0.05) is 19.3 Å². The second-order valence-corrected chi connectivity index (χ2v) is 9.82. The normalized spacial score (nSPS) is 24.3. The first-order valence-electron chi connectivity index (χ1n) is 5.86. The predicted molar refractivity (Wildman–Crippen MR) is 75.4 cm³/mol. The van der Waals surface area contributed by atoms with Crippen LogP contribution in [0.3, 0.4) is 0 Å². The predicted octanol–water partition coefficient (Wildman–Crippen LogP) is 2.88. The quantitative estimate of drug-likeness (QED) is 0.221. The molecule has 0 aromatic carbocycles. The highest BCUT2D eigenvalue weighted by molar-refractivity contribution is 14.1. The maximum absolute atomic E-state index is 13.8. The third kappa shape index (κ3) is 4.97. The molecule has 1 rings (SSSR count). The molecule has 0 bridgehead atoms. The van der Waals surface area contributed by atoms with Crippen LogP contribution in [0, 0.1) is 0 Å². The van der Waals surface area contributed by atoms with Crippen molar-refractivity contribution in [3.63, 3.8) is 0 Å². The number of rotatable bonds is 5. The molecular formula is C9H13F4IO5S2. The summed E-state index contributed by atoms with van der Waals surface area (Å²) >= 11 is -3.14. The SMILES string of the molecule is O=S(O)C(F)(I)C(OS(=O)(=O)C1CCCCC1)C(F)(F)F. The fourth-order valence-electron chi connectivity index (χ4n) is 1.96. The minimum atomic E-state index is -5.45. The molecule has 0 amide bonds. The van der Waals surface area contributed by atoms with Gasteiger partial charge in [-0.2, -0.15) is 21.6 Å². The molecule has 0 aromatic rings. The topological polar surface area (TPSA) is 80.7 Å². The Hall–Kier alpha value is 0.470. The maximum atomic E-state index is 13.8. The van der Waals surface area contributed by atoms with E-state index in [9.17, 15) is 30.2 Å². The molecule has 0 spiro atoms. The summed E-state index contributed by atoms with van der Waals surface area (Å²) in [6.07, 6.45) is -6.96. The van der Waals surface area contributed by atoms with E-state index in [0.29, 0.717) is 35.4 Å². The molecule has 12 heteroatoms. The molecule has 1 N–H and O–H groups in total. The largest absolute Gasteiger partial charge is 0.421 e. The van der Waals surface area contributed by atoms with Crippen LogP contribution in [0.1, 0.15) is 32.1 Å². The van der Waals surface area contributed by atoms with E-state index in [0.717, 1.165) is 6.42 Å². The summed E-state index contributed by atoms with van der Waals surface area (Å²) in [5, 5.41) is -1.16. The second-order valence-electron chi connectivity index (χ2n) is 4.58. The van der Waals surface area contributed by atoms with Crippen LogP contribution in [0.2, 0.25) is 0 Å². The van der Waals surface area contributed by atoms with Gasteiger partial charge in [0.05, 0.1) is 5.25 Å². The molecule has 0 aliphatic heterocycles. The zero-order valence-electron chi connectivity index (χ0n) is 10.5. The molecule has 1 fully saturated rings. The fourth-order valence-corrected chi connectivity index (χ4v) is 4.62. The molecule has 0 saturated heterocycles. The first-order valence-corrected chi connectivity index (χ1v) is 9.52. The van der Waals surface area contributed by atoms with Crippen LogP contribution < -0.4 is 0 Å². The van der Waals surface area contributed by atoms with Crippen molar-refractivity contribution in [2.75, 3.05) is 0 Å². The third-order valence-electron chi connectivity index (χ3n) is 3.03. The smallest absolute Gasteiger partial charge is 0.303 e. The van der Waals surface area contributed by atoms with E-state index in [1.165, 1.54) is 0 Å². The van der Waals surface area contributed by atoms with Gasteiger partial charge in [0.15, 0.2) is 0 Å². The van der Waals surface area contributed by atoms with Crippen molar-refractivity contribution in [3.8, 4) is 0 Å². The monoisotopic (exact) mass is 468 g/mol. The Morgan fingerprint density at radius 1 is 1.19 bits per heavy atom. The molecule has 3 unspecified atom stereocenters. The van der Waals surface area contributed by atoms with Crippen LogP contribution in [0.4, 0.5) is 17.6 Å². The molecule has 0 heterocycles. The number of halogens is 5. The lowest BCUT2D eigenvalue weighted by molar-refractivity contribution is -0.204. The first kappa shape index (κ1) is 19.5. The molecular weight excluding hydrogens is 455 g/mol. The van der Waals surface area contributed by atoms with Crippen LogP contribution >= 0.6 is 22.6 Å². The zero-order valence-corrected chi connectivity index (χ0v) is 14.3.